The maximum absolute atomic E-state index is 11.4. The molecule has 1 aromatic rings. The van der Waals surface area contributed by atoms with Gasteiger partial charge in [0.25, 0.3) is 0 Å². The second kappa shape index (κ2) is 6.91. The van der Waals surface area contributed by atoms with Crippen LogP contribution >= 0.6 is 0 Å². The standard InChI is InChI=1S/C15H26N4O2S/c1-15(2,3)14-17-7-5-13(18-14)16-6-4-8-19-9-11-22(20,21)12-10-19/h5,7H,4,6,8-12H2,1-3H3,(H,16,17,18). The smallest absolute Gasteiger partial charge is 0.152 e. The lowest BCUT2D eigenvalue weighted by atomic mass is 9.96. The fraction of sp³-hybridized carbons (Fsp3) is 0.733. The van der Waals surface area contributed by atoms with Crippen molar-refractivity contribution in [2.75, 3.05) is 43.0 Å². The molecule has 2 heterocycles. The Morgan fingerprint density at radius 2 is 1.95 bits per heavy atom. The molecular weight excluding hydrogens is 300 g/mol. The molecule has 1 saturated heterocycles. The molecule has 22 heavy (non-hydrogen) atoms. The summed E-state index contributed by atoms with van der Waals surface area (Å²) in [7, 11) is -2.78. The lowest BCUT2D eigenvalue weighted by molar-refractivity contribution is 0.294. The number of anilines is 1. The van der Waals surface area contributed by atoms with Crippen LogP contribution in [-0.2, 0) is 15.3 Å². The second-order valence-electron chi connectivity index (χ2n) is 6.79. The molecule has 0 aromatic carbocycles. The van der Waals surface area contributed by atoms with E-state index in [9.17, 15) is 8.42 Å². The highest BCUT2D eigenvalue weighted by Crippen LogP contribution is 2.18. The van der Waals surface area contributed by atoms with Gasteiger partial charge in [-0.05, 0) is 19.0 Å². The molecule has 1 aromatic heterocycles. The number of sulfone groups is 1. The largest absolute Gasteiger partial charge is 0.370 e. The van der Waals surface area contributed by atoms with Crippen LogP contribution in [-0.4, -0.2) is 61.0 Å². The average Bonchev–Trinajstić information content (AvgIpc) is 2.44. The number of aromatic nitrogens is 2. The third-order valence-electron chi connectivity index (χ3n) is 3.72. The van der Waals surface area contributed by atoms with Crippen LogP contribution in [0.3, 0.4) is 0 Å². The molecule has 1 aliphatic rings. The van der Waals surface area contributed by atoms with Crippen molar-refractivity contribution < 1.29 is 8.42 Å². The highest BCUT2D eigenvalue weighted by Gasteiger charge is 2.21. The molecule has 1 aliphatic heterocycles. The van der Waals surface area contributed by atoms with Crippen molar-refractivity contribution in [3.63, 3.8) is 0 Å². The van der Waals surface area contributed by atoms with E-state index in [4.69, 9.17) is 0 Å². The van der Waals surface area contributed by atoms with Gasteiger partial charge in [0.05, 0.1) is 11.5 Å². The predicted molar refractivity (Wildman–Crippen MR) is 88.9 cm³/mol. The van der Waals surface area contributed by atoms with E-state index in [1.807, 2.05) is 6.07 Å². The molecule has 0 unspecified atom stereocenters. The van der Waals surface area contributed by atoms with Gasteiger partial charge in [-0.2, -0.15) is 0 Å². The molecule has 0 saturated carbocycles. The van der Waals surface area contributed by atoms with Crippen LogP contribution < -0.4 is 5.32 Å². The molecule has 0 amide bonds. The number of nitrogens with one attached hydrogen (secondary N) is 1. The van der Waals surface area contributed by atoms with Gasteiger partial charge >= 0.3 is 0 Å². The summed E-state index contributed by atoms with van der Waals surface area (Å²) in [5.41, 5.74) is -0.0585. The fourth-order valence-electron chi connectivity index (χ4n) is 2.31. The predicted octanol–water partition coefficient (Wildman–Crippen LogP) is 1.31. The van der Waals surface area contributed by atoms with Crippen LogP contribution in [0.4, 0.5) is 5.82 Å². The Bertz CT molecular complexity index is 582. The van der Waals surface area contributed by atoms with Crippen molar-refractivity contribution in [2.45, 2.75) is 32.6 Å². The van der Waals surface area contributed by atoms with Crippen molar-refractivity contribution in [1.82, 2.24) is 14.9 Å². The van der Waals surface area contributed by atoms with E-state index >= 15 is 0 Å². The molecule has 0 radical (unpaired) electrons. The Kier molecular flexibility index (Phi) is 5.39. The van der Waals surface area contributed by atoms with E-state index in [0.717, 1.165) is 31.2 Å². The van der Waals surface area contributed by atoms with Gasteiger partial charge in [-0.25, -0.2) is 18.4 Å². The fourth-order valence-corrected chi connectivity index (χ4v) is 3.59. The van der Waals surface area contributed by atoms with Gasteiger partial charge in [-0.1, -0.05) is 20.8 Å². The zero-order chi connectivity index (χ0) is 16.2. The first-order valence-electron chi connectivity index (χ1n) is 7.76. The van der Waals surface area contributed by atoms with Gasteiger partial charge in [0.15, 0.2) is 9.84 Å². The van der Waals surface area contributed by atoms with Gasteiger partial charge in [-0.15, -0.1) is 0 Å². The maximum atomic E-state index is 11.4. The Hall–Kier alpha value is -1.21. The van der Waals surface area contributed by atoms with Crippen molar-refractivity contribution >= 4 is 15.7 Å². The lowest BCUT2D eigenvalue weighted by Gasteiger charge is -2.26. The first-order valence-corrected chi connectivity index (χ1v) is 9.59. The Morgan fingerprint density at radius 3 is 2.59 bits per heavy atom. The van der Waals surface area contributed by atoms with Crippen LogP contribution in [0.1, 0.15) is 33.0 Å². The zero-order valence-corrected chi connectivity index (χ0v) is 14.5. The molecule has 0 spiro atoms. The van der Waals surface area contributed by atoms with E-state index < -0.39 is 9.84 Å². The Balaban J connectivity index is 1.73. The molecule has 1 N–H and O–H groups in total. The van der Waals surface area contributed by atoms with Gasteiger partial charge < -0.3 is 10.2 Å². The molecule has 6 nitrogen and oxygen atoms in total. The van der Waals surface area contributed by atoms with Crippen molar-refractivity contribution in [2.24, 2.45) is 0 Å². The highest BCUT2D eigenvalue weighted by atomic mass is 32.2. The molecule has 1 fully saturated rings. The number of rotatable bonds is 5. The molecule has 124 valence electrons. The summed E-state index contributed by atoms with van der Waals surface area (Å²) in [6.07, 6.45) is 2.75. The zero-order valence-electron chi connectivity index (χ0n) is 13.7. The van der Waals surface area contributed by atoms with Gasteiger partial charge in [0, 0.05) is 31.2 Å². The van der Waals surface area contributed by atoms with Crippen LogP contribution in [0.5, 0.6) is 0 Å². The Labute approximate surface area is 133 Å². The average molecular weight is 326 g/mol. The summed E-state index contributed by atoms with van der Waals surface area (Å²) in [4.78, 5) is 11.1. The summed E-state index contributed by atoms with van der Waals surface area (Å²) in [6, 6.07) is 1.88. The topological polar surface area (TPSA) is 75.2 Å². The molecule has 7 heteroatoms. The first-order chi connectivity index (χ1) is 10.3. The third kappa shape index (κ3) is 5.21. The van der Waals surface area contributed by atoms with Crippen molar-refractivity contribution in [3.05, 3.63) is 18.1 Å². The van der Waals surface area contributed by atoms with Crippen LogP contribution in [0.25, 0.3) is 0 Å². The van der Waals surface area contributed by atoms with Crippen LogP contribution in [0, 0.1) is 0 Å². The Morgan fingerprint density at radius 1 is 1.27 bits per heavy atom. The minimum atomic E-state index is -2.78. The quantitative estimate of drug-likeness (QED) is 0.822. The van der Waals surface area contributed by atoms with Gasteiger partial charge in [0.2, 0.25) is 0 Å². The number of nitrogens with zero attached hydrogens (tertiary/aromatic N) is 3. The molecule has 0 bridgehead atoms. The molecule has 2 rings (SSSR count). The monoisotopic (exact) mass is 326 g/mol. The maximum Gasteiger partial charge on any atom is 0.152 e. The van der Waals surface area contributed by atoms with Crippen LogP contribution in [0.2, 0.25) is 0 Å². The van der Waals surface area contributed by atoms with Crippen molar-refractivity contribution in [1.29, 1.82) is 0 Å². The van der Waals surface area contributed by atoms with Crippen molar-refractivity contribution in [3.8, 4) is 0 Å². The SMILES string of the molecule is CC(C)(C)c1nccc(NCCCN2CCS(=O)(=O)CC2)n1. The minimum Gasteiger partial charge on any atom is -0.370 e. The van der Waals surface area contributed by atoms with E-state index in [1.165, 1.54) is 0 Å². The van der Waals surface area contributed by atoms with E-state index in [1.54, 1.807) is 6.20 Å². The normalized spacial score (nSPS) is 19.0. The number of hydrogen-bond acceptors (Lipinski definition) is 6. The first kappa shape index (κ1) is 17.1. The third-order valence-corrected chi connectivity index (χ3v) is 5.33. The summed E-state index contributed by atoms with van der Waals surface area (Å²) < 4.78 is 22.7. The molecule has 0 atom stereocenters. The lowest BCUT2D eigenvalue weighted by Crippen LogP contribution is -2.41. The minimum absolute atomic E-state index is 0.0585. The van der Waals surface area contributed by atoms with E-state index in [-0.39, 0.29) is 5.41 Å². The highest BCUT2D eigenvalue weighted by molar-refractivity contribution is 7.91. The van der Waals surface area contributed by atoms with E-state index in [0.29, 0.717) is 24.6 Å². The van der Waals surface area contributed by atoms with Crippen LogP contribution in [0.15, 0.2) is 12.3 Å². The second-order valence-corrected chi connectivity index (χ2v) is 9.09. The van der Waals surface area contributed by atoms with E-state index in [2.05, 4.69) is 41.0 Å². The summed E-state index contributed by atoms with van der Waals surface area (Å²) in [5.74, 6) is 2.27. The number of hydrogen-bond donors (Lipinski definition) is 1. The van der Waals surface area contributed by atoms with Gasteiger partial charge in [0.1, 0.15) is 11.6 Å². The summed E-state index contributed by atoms with van der Waals surface area (Å²) >= 11 is 0. The summed E-state index contributed by atoms with van der Waals surface area (Å²) in [6.45, 7) is 9.33. The summed E-state index contributed by atoms with van der Waals surface area (Å²) in [5, 5.41) is 3.32. The van der Waals surface area contributed by atoms with Gasteiger partial charge in [-0.3, -0.25) is 0 Å². The molecule has 0 aliphatic carbocycles. The molecular formula is C15H26N4O2S.